The first-order valence-electron chi connectivity index (χ1n) is 6.96. The van der Waals surface area contributed by atoms with Crippen LogP contribution in [0.3, 0.4) is 0 Å². The van der Waals surface area contributed by atoms with Crippen LogP contribution >= 0.6 is 0 Å². The molecular weight excluding hydrogens is 256 g/mol. The van der Waals surface area contributed by atoms with Gasteiger partial charge in [-0.1, -0.05) is 37.3 Å². The summed E-state index contributed by atoms with van der Waals surface area (Å²) in [4.78, 5) is 11.4. The molecule has 4 nitrogen and oxygen atoms in total. The van der Waals surface area contributed by atoms with Crippen LogP contribution in [0.25, 0.3) is 0 Å². The molecule has 1 aromatic rings. The zero-order valence-corrected chi connectivity index (χ0v) is 12.3. The lowest BCUT2D eigenvalue weighted by Crippen LogP contribution is -2.46. The molecule has 2 rings (SSSR count). The van der Waals surface area contributed by atoms with Crippen LogP contribution in [0.4, 0.5) is 0 Å². The van der Waals surface area contributed by atoms with E-state index < -0.39 is 5.60 Å². The van der Waals surface area contributed by atoms with E-state index in [-0.39, 0.29) is 18.0 Å². The fourth-order valence-electron chi connectivity index (χ4n) is 2.50. The lowest BCUT2D eigenvalue weighted by Gasteiger charge is -2.31. The quantitative estimate of drug-likeness (QED) is 0.776. The van der Waals surface area contributed by atoms with Gasteiger partial charge in [0.05, 0.1) is 25.9 Å². The lowest BCUT2D eigenvalue weighted by molar-refractivity contribution is -0.169. The number of hydrogen-bond acceptors (Lipinski definition) is 4. The molecule has 0 aliphatic carbocycles. The minimum atomic E-state index is -0.667. The number of esters is 1. The van der Waals surface area contributed by atoms with Gasteiger partial charge in [-0.25, -0.2) is 0 Å². The zero-order valence-electron chi connectivity index (χ0n) is 12.3. The number of carbonyl (C=O) groups is 1. The number of ether oxygens (including phenoxy) is 3. The molecule has 0 N–H and O–H groups in total. The van der Waals surface area contributed by atoms with Crippen LogP contribution in [0.15, 0.2) is 30.3 Å². The Morgan fingerprint density at radius 2 is 2.05 bits per heavy atom. The maximum absolute atomic E-state index is 11.4. The highest BCUT2D eigenvalue weighted by Gasteiger charge is 2.48. The fourth-order valence-corrected chi connectivity index (χ4v) is 2.50. The molecule has 0 radical (unpaired) electrons. The van der Waals surface area contributed by atoms with Gasteiger partial charge in [0.2, 0.25) is 0 Å². The van der Waals surface area contributed by atoms with Gasteiger partial charge >= 0.3 is 5.97 Å². The Kier molecular flexibility index (Phi) is 4.78. The maximum atomic E-state index is 11.4. The van der Waals surface area contributed by atoms with Gasteiger partial charge in [0.1, 0.15) is 0 Å². The second-order valence-electron chi connectivity index (χ2n) is 5.44. The average molecular weight is 278 g/mol. The molecule has 3 atom stereocenters. The molecule has 0 amide bonds. The summed E-state index contributed by atoms with van der Waals surface area (Å²) in [5, 5.41) is 0. The third-order valence-electron chi connectivity index (χ3n) is 3.93. The molecule has 1 saturated heterocycles. The smallest absolute Gasteiger partial charge is 0.303 e. The van der Waals surface area contributed by atoms with Gasteiger partial charge in [-0.3, -0.25) is 4.79 Å². The molecule has 1 aliphatic rings. The van der Waals surface area contributed by atoms with Crippen LogP contribution in [-0.2, 0) is 25.6 Å². The Labute approximate surface area is 120 Å². The second-order valence-corrected chi connectivity index (χ2v) is 5.44. The summed E-state index contributed by atoms with van der Waals surface area (Å²) in [5.74, 6) is -0.181. The molecule has 1 fully saturated rings. The molecular formula is C16H22O4. The van der Waals surface area contributed by atoms with E-state index in [1.54, 1.807) is 0 Å². The van der Waals surface area contributed by atoms with Crippen molar-refractivity contribution in [1.82, 2.24) is 0 Å². The first-order chi connectivity index (χ1) is 9.53. The van der Waals surface area contributed by atoms with Gasteiger partial charge in [-0.05, 0) is 12.5 Å². The Bertz CT molecular complexity index is 445. The van der Waals surface area contributed by atoms with Gasteiger partial charge in [0.25, 0.3) is 0 Å². The molecule has 0 bridgehead atoms. The molecule has 20 heavy (non-hydrogen) atoms. The van der Waals surface area contributed by atoms with Crippen molar-refractivity contribution in [3.05, 3.63) is 35.9 Å². The molecule has 1 aliphatic heterocycles. The van der Waals surface area contributed by atoms with Crippen molar-refractivity contribution in [2.45, 2.75) is 39.1 Å². The van der Waals surface area contributed by atoms with E-state index in [0.29, 0.717) is 19.8 Å². The first-order valence-corrected chi connectivity index (χ1v) is 6.96. The van der Waals surface area contributed by atoms with Crippen molar-refractivity contribution in [1.29, 1.82) is 0 Å². The van der Waals surface area contributed by atoms with Gasteiger partial charge in [-0.15, -0.1) is 0 Å². The van der Waals surface area contributed by atoms with Crippen molar-refractivity contribution < 1.29 is 19.0 Å². The topological polar surface area (TPSA) is 44.8 Å². The molecule has 4 heteroatoms. The molecule has 1 aromatic carbocycles. The van der Waals surface area contributed by atoms with Crippen molar-refractivity contribution in [2.24, 2.45) is 5.92 Å². The molecule has 0 spiro atoms. The highest BCUT2D eigenvalue weighted by molar-refractivity contribution is 5.66. The van der Waals surface area contributed by atoms with Crippen LogP contribution in [0.5, 0.6) is 0 Å². The van der Waals surface area contributed by atoms with Crippen LogP contribution in [-0.4, -0.2) is 30.9 Å². The second kappa shape index (κ2) is 6.37. The summed E-state index contributed by atoms with van der Waals surface area (Å²) >= 11 is 0. The van der Waals surface area contributed by atoms with Crippen molar-refractivity contribution >= 4 is 5.97 Å². The van der Waals surface area contributed by atoms with E-state index in [1.807, 2.05) is 44.2 Å². The predicted molar refractivity (Wildman–Crippen MR) is 75.2 cm³/mol. The number of hydrogen-bond donors (Lipinski definition) is 0. The summed E-state index contributed by atoms with van der Waals surface area (Å²) in [6, 6.07) is 9.94. The van der Waals surface area contributed by atoms with E-state index in [1.165, 1.54) is 6.92 Å². The number of carbonyl (C=O) groups excluding carboxylic acids is 1. The van der Waals surface area contributed by atoms with E-state index in [9.17, 15) is 4.79 Å². The Morgan fingerprint density at radius 3 is 2.60 bits per heavy atom. The highest BCUT2D eigenvalue weighted by atomic mass is 16.6. The van der Waals surface area contributed by atoms with Gasteiger partial charge in [0.15, 0.2) is 5.60 Å². The predicted octanol–water partition coefficient (Wildman–Crippen LogP) is 2.56. The largest absolute Gasteiger partial charge is 0.454 e. The van der Waals surface area contributed by atoms with Gasteiger partial charge < -0.3 is 14.2 Å². The van der Waals surface area contributed by atoms with Crippen LogP contribution in [0, 0.1) is 5.92 Å². The van der Waals surface area contributed by atoms with Crippen molar-refractivity contribution in [3.8, 4) is 0 Å². The highest BCUT2D eigenvalue weighted by Crippen LogP contribution is 2.34. The van der Waals surface area contributed by atoms with E-state index >= 15 is 0 Å². The average Bonchev–Trinajstić information content (AvgIpc) is 2.68. The van der Waals surface area contributed by atoms with E-state index in [2.05, 4.69) is 0 Å². The summed E-state index contributed by atoms with van der Waals surface area (Å²) in [6.07, 6.45) is 0.0645. The van der Waals surface area contributed by atoms with E-state index in [4.69, 9.17) is 14.2 Å². The lowest BCUT2D eigenvalue weighted by atomic mass is 9.89. The minimum Gasteiger partial charge on any atom is -0.454 e. The summed E-state index contributed by atoms with van der Waals surface area (Å²) in [6.45, 7) is 6.70. The normalized spacial score (nSPS) is 29.4. The number of rotatable bonds is 5. The standard InChI is InChI=1S/C16H22O4/c1-12-13(2)19-11-16(12,20-14(3)17)10-18-9-15-7-5-4-6-8-15/h4-8,12-13H,9-11H2,1-3H3/t12-,13+,16?/m1/s1. The monoisotopic (exact) mass is 278 g/mol. The maximum Gasteiger partial charge on any atom is 0.303 e. The van der Waals surface area contributed by atoms with Crippen molar-refractivity contribution in [2.75, 3.05) is 13.2 Å². The first kappa shape index (κ1) is 15.0. The molecule has 0 aromatic heterocycles. The SMILES string of the molecule is CC(=O)OC1(COCc2ccccc2)CO[C@@H](C)[C@H]1C. The molecule has 1 unspecified atom stereocenters. The third-order valence-corrected chi connectivity index (χ3v) is 3.93. The molecule has 1 heterocycles. The zero-order chi connectivity index (χ0) is 14.6. The summed E-state index contributed by atoms with van der Waals surface area (Å²) < 4.78 is 16.9. The fraction of sp³-hybridized carbons (Fsp3) is 0.562. The van der Waals surface area contributed by atoms with Crippen LogP contribution in [0.2, 0.25) is 0 Å². The summed E-state index contributed by atoms with van der Waals surface area (Å²) in [5.41, 5.74) is 0.435. The Morgan fingerprint density at radius 1 is 1.35 bits per heavy atom. The van der Waals surface area contributed by atoms with Gasteiger partial charge in [-0.2, -0.15) is 0 Å². The Hall–Kier alpha value is -1.39. The van der Waals surface area contributed by atoms with Crippen LogP contribution in [0.1, 0.15) is 26.3 Å². The number of benzene rings is 1. The van der Waals surface area contributed by atoms with Crippen LogP contribution < -0.4 is 0 Å². The van der Waals surface area contributed by atoms with Gasteiger partial charge in [0, 0.05) is 12.8 Å². The molecule has 110 valence electrons. The Balaban J connectivity index is 1.97. The third kappa shape index (κ3) is 3.38. The summed E-state index contributed by atoms with van der Waals surface area (Å²) in [7, 11) is 0. The minimum absolute atomic E-state index is 0.0645. The molecule has 0 saturated carbocycles. The van der Waals surface area contributed by atoms with E-state index in [0.717, 1.165) is 5.56 Å². The van der Waals surface area contributed by atoms with Crippen molar-refractivity contribution in [3.63, 3.8) is 0 Å².